The number of nitrogens with two attached hydrogens (primary N) is 1. The largest absolute Gasteiger partial charge is 0.384 e. The molecule has 0 aliphatic heterocycles. The van der Waals surface area contributed by atoms with Crippen LogP contribution in [0.25, 0.3) is 11.0 Å². The number of aryl methyl sites for hydroxylation is 1. The molecule has 0 bridgehead atoms. The number of nitriles is 1. The van der Waals surface area contributed by atoms with E-state index in [1.165, 1.54) is 4.57 Å². The zero-order chi connectivity index (χ0) is 13.4. The first-order chi connectivity index (χ1) is 8.47. The Bertz CT molecular complexity index is 702. The van der Waals surface area contributed by atoms with Crippen LogP contribution in [0.2, 0.25) is 0 Å². The summed E-state index contributed by atoms with van der Waals surface area (Å²) in [5.74, 6) is 0.662. The van der Waals surface area contributed by atoms with Crippen molar-refractivity contribution in [2.24, 2.45) is 5.92 Å². The van der Waals surface area contributed by atoms with Gasteiger partial charge in [0, 0.05) is 6.54 Å². The molecule has 18 heavy (non-hydrogen) atoms. The highest BCUT2D eigenvalue weighted by atomic mass is 16.1. The minimum absolute atomic E-state index is 0.135. The van der Waals surface area contributed by atoms with Gasteiger partial charge in [0.25, 0.3) is 5.56 Å². The molecule has 2 rings (SSSR count). The van der Waals surface area contributed by atoms with Crippen LogP contribution in [0.1, 0.15) is 25.0 Å². The highest BCUT2D eigenvalue weighted by Gasteiger charge is 2.18. The number of anilines is 1. The number of nitrogens with zero attached hydrogens (tertiary/aromatic N) is 3. The maximum atomic E-state index is 12.2. The SMILES string of the molecule is Cc1c(C#N)c(=O)n(CC(C)C)c2n[nH]c(N)c12. The fraction of sp³-hybridized carbons (Fsp3) is 0.417. The molecule has 0 aromatic carbocycles. The molecule has 0 radical (unpaired) electrons. The van der Waals surface area contributed by atoms with Crippen LogP contribution in [-0.4, -0.2) is 14.8 Å². The summed E-state index contributed by atoms with van der Waals surface area (Å²) in [6.45, 7) is 6.23. The lowest BCUT2D eigenvalue weighted by Crippen LogP contribution is -2.26. The quantitative estimate of drug-likeness (QED) is 0.828. The molecule has 6 heteroatoms. The second-order valence-electron chi connectivity index (χ2n) is 4.76. The van der Waals surface area contributed by atoms with Crippen molar-refractivity contribution < 1.29 is 0 Å². The summed E-state index contributed by atoms with van der Waals surface area (Å²) in [6, 6.07) is 1.96. The number of hydrogen-bond donors (Lipinski definition) is 2. The molecular formula is C12H15N5O. The average Bonchev–Trinajstić information content (AvgIpc) is 2.67. The first-order valence-corrected chi connectivity index (χ1v) is 5.74. The van der Waals surface area contributed by atoms with Gasteiger partial charge in [0.05, 0.1) is 5.39 Å². The highest BCUT2D eigenvalue weighted by Crippen LogP contribution is 2.22. The zero-order valence-corrected chi connectivity index (χ0v) is 10.6. The summed E-state index contributed by atoms with van der Waals surface area (Å²) in [5, 5.41) is 16.5. The van der Waals surface area contributed by atoms with Gasteiger partial charge >= 0.3 is 0 Å². The average molecular weight is 245 g/mol. The summed E-state index contributed by atoms with van der Waals surface area (Å²) in [7, 11) is 0. The van der Waals surface area contributed by atoms with Crippen LogP contribution >= 0.6 is 0 Å². The Morgan fingerprint density at radius 1 is 1.56 bits per heavy atom. The Kier molecular flexibility index (Phi) is 2.83. The number of nitrogen functional groups attached to an aromatic ring is 1. The van der Waals surface area contributed by atoms with Gasteiger partial charge < -0.3 is 5.73 Å². The summed E-state index contributed by atoms with van der Waals surface area (Å²) in [6.07, 6.45) is 0. The van der Waals surface area contributed by atoms with E-state index in [2.05, 4.69) is 10.2 Å². The van der Waals surface area contributed by atoms with Crippen LogP contribution < -0.4 is 11.3 Å². The van der Waals surface area contributed by atoms with E-state index in [9.17, 15) is 4.79 Å². The topological polar surface area (TPSA) is 100 Å². The standard InChI is InChI=1S/C12H15N5O/c1-6(2)5-17-11-9(10(14)15-16-11)7(3)8(4-13)12(17)18/h6H,5H2,1-3H3,(H3,14,15,16). The zero-order valence-electron chi connectivity index (χ0n) is 10.6. The third-order valence-electron chi connectivity index (χ3n) is 2.90. The van der Waals surface area contributed by atoms with Crippen molar-refractivity contribution in [3.05, 3.63) is 21.5 Å². The fourth-order valence-electron chi connectivity index (χ4n) is 2.09. The Hall–Kier alpha value is -2.29. The van der Waals surface area contributed by atoms with Gasteiger partial charge in [-0.05, 0) is 18.4 Å². The normalized spacial score (nSPS) is 11.1. The molecule has 0 aliphatic rings. The lowest BCUT2D eigenvalue weighted by Gasteiger charge is -2.11. The third-order valence-corrected chi connectivity index (χ3v) is 2.90. The first-order valence-electron chi connectivity index (χ1n) is 5.74. The summed E-state index contributed by atoms with van der Waals surface area (Å²) in [4.78, 5) is 12.2. The van der Waals surface area contributed by atoms with Gasteiger partial charge in [0.1, 0.15) is 17.5 Å². The van der Waals surface area contributed by atoms with Gasteiger partial charge in [-0.3, -0.25) is 14.5 Å². The van der Waals surface area contributed by atoms with Crippen molar-refractivity contribution in [1.29, 1.82) is 5.26 Å². The lowest BCUT2D eigenvalue weighted by molar-refractivity contribution is 0.520. The Labute approximate surface area is 104 Å². The van der Waals surface area contributed by atoms with Gasteiger partial charge in [-0.1, -0.05) is 13.8 Å². The molecule has 3 N–H and O–H groups in total. The van der Waals surface area contributed by atoms with E-state index < -0.39 is 0 Å². The van der Waals surface area contributed by atoms with E-state index in [4.69, 9.17) is 11.0 Å². The molecule has 0 fully saturated rings. The van der Waals surface area contributed by atoms with Crippen LogP contribution in [0.15, 0.2) is 4.79 Å². The molecule has 0 spiro atoms. The van der Waals surface area contributed by atoms with Crippen molar-refractivity contribution in [3.8, 4) is 6.07 Å². The fourth-order valence-corrected chi connectivity index (χ4v) is 2.09. The molecule has 0 amide bonds. The molecule has 2 aromatic rings. The second-order valence-corrected chi connectivity index (χ2v) is 4.76. The molecular weight excluding hydrogens is 230 g/mol. The molecule has 2 heterocycles. The van der Waals surface area contributed by atoms with E-state index in [0.29, 0.717) is 29.0 Å². The smallest absolute Gasteiger partial charge is 0.270 e. The van der Waals surface area contributed by atoms with Crippen LogP contribution in [0.3, 0.4) is 0 Å². The lowest BCUT2D eigenvalue weighted by atomic mass is 10.1. The molecule has 0 unspecified atom stereocenters. The Morgan fingerprint density at radius 2 is 2.22 bits per heavy atom. The van der Waals surface area contributed by atoms with Crippen LogP contribution in [0, 0.1) is 24.2 Å². The van der Waals surface area contributed by atoms with Crippen LogP contribution in [0.5, 0.6) is 0 Å². The summed E-state index contributed by atoms with van der Waals surface area (Å²) < 4.78 is 1.51. The van der Waals surface area contributed by atoms with E-state index >= 15 is 0 Å². The maximum absolute atomic E-state index is 12.2. The number of hydrogen-bond acceptors (Lipinski definition) is 4. The van der Waals surface area contributed by atoms with Crippen molar-refractivity contribution in [3.63, 3.8) is 0 Å². The van der Waals surface area contributed by atoms with E-state index in [1.807, 2.05) is 19.9 Å². The molecule has 0 aliphatic carbocycles. The summed E-state index contributed by atoms with van der Waals surface area (Å²) >= 11 is 0. The van der Waals surface area contributed by atoms with Gasteiger partial charge in [-0.25, -0.2) is 0 Å². The number of pyridine rings is 1. The number of H-pyrrole nitrogens is 1. The minimum Gasteiger partial charge on any atom is -0.384 e. The van der Waals surface area contributed by atoms with E-state index in [0.717, 1.165) is 0 Å². The Morgan fingerprint density at radius 3 is 2.78 bits per heavy atom. The molecule has 2 aromatic heterocycles. The van der Waals surface area contributed by atoms with Gasteiger partial charge in [0.2, 0.25) is 0 Å². The number of nitrogens with one attached hydrogen (secondary N) is 1. The van der Waals surface area contributed by atoms with Crippen molar-refractivity contribution in [2.75, 3.05) is 5.73 Å². The number of aromatic nitrogens is 3. The monoisotopic (exact) mass is 245 g/mol. The summed E-state index contributed by atoms with van der Waals surface area (Å²) in [5.41, 5.74) is 6.74. The molecule has 0 atom stereocenters. The number of rotatable bonds is 2. The second kappa shape index (κ2) is 4.18. The van der Waals surface area contributed by atoms with Crippen molar-refractivity contribution in [2.45, 2.75) is 27.3 Å². The predicted molar refractivity (Wildman–Crippen MR) is 69.1 cm³/mol. The van der Waals surface area contributed by atoms with Crippen molar-refractivity contribution in [1.82, 2.24) is 14.8 Å². The van der Waals surface area contributed by atoms with E-state index in [-0.39, 0.29) is 17.0 Å². The van der Waals surface area contributed by atoms with Crippen molar-refractivity contribution >= 4 is 16.9 Å². The maximum Gasteiger partial charge on any atom is 0.270 e. The van der Waals surface area contributed by atoms with Gasteiger partial charge in [-0.2, -0.15) is 10.4 Å². The van der Waals surface area contributed by atoms with Gasteiger partial charge in [-0.15, -0.1) is 0 Å². The van der Waals surface area contributed by atoms with Gasteiger partial charge in [0.15, 0.2) is 5.65 Å². The molecule has 0 saturated heterocycles. The molecule has 6 nitrogen and oxygen atoms in total. The molecule has 94 valence electrons. The highest BCUT2D eigenvalue weighted by molar-refractivity contribution is 5.90. The minimum atomic E-state index is -0.303. The third kappa shape index (κ3) is 1.64. The molecule has 0 saturated carbocycles. The van der Waals surface area contributed by atoms with E-state index in [1.54, 1.807) is 6.92 Å². The first kappa shape index (κ1) is 12.2. The van der Waals surface area contributed by atoms with Crippen LogP contribution in [0.4, 0.5) is 5.82 Å². The Balaban J connectivity index is 2.93. The van der Waals surface area contributed by atoms with Crippen LogP contribution in [-0.2, 0) is 6.54 Å². The number of aromatic amines is 1. The number of fused-ring (bicyclic) bond motifs is 1. The predicted octanol–water partition coefficient (Wildman–Crippen LogP) is 1.14.